The Morgan fingerprint density at radius 1 is 0.867 bits per heavy atom. The molecule has 0 radical (unpaired) electrons. The van der Waals surface area contributed by atoms with Gasteiger partial charge in [0.2, 0.25) is 5.78 Å². The third kappa shape index (κ3) is 7.93. The van der Waals surface area contributed by atoms with Crippen LogP contribution in [0.5, 0.6) is 0 Å². The van der Waals surface area contributed by atoms with Crippen LogP contribution in [0.15, 0.2) is 73.3 Å². The third-order valence-corrected chi connectivity index (χ3v) is 4.53. The van der Waals surface area contributed by atoms with Gasteiger partial charge >= 0.3 is 5.97 Å². The second-order valence-electron chi connectivity index (χ2n) is 7.33. The van der Waals surface area contributed by atoms with Crippen LogP contribution in [0.2, 0.25) is 0 Å². The van der Waals surface area contributed by atoms with Crippen molar-refractivity contribution in [2.75, 3.05) is 13.2 Å². The number of carbonyl (C=O) groups is 2. The molecule has 2 atom stereocenters. The second kappa shape index (κ2) is 12.7. The SMILES string of the molecule is C=C[C@@H](COCc1ccccc1)[C@@H](COCc1ccccc1)C(=O)C(=O)OC(C)C. The molecule has 5 nitrogen and oxygen atoms in total. The Morgan fingerprint density at radius 3 is 1.83 bits per heavy atom. The molecule has 0 aromatic heterocycles. The first-order chi connectivity index (χ1) is 14.5. The Balaban J connectivity index is 2.01. The maximum atomic E-state index is 12.8. The monoisotopic (exact) mass is 410 g/mol. The number of esters is 1. The van der Waals surface area contributed by atoms with Crippen LogP contribution in [0.4, 0.5) is 0 Å². The van der Waals surface area contributed by atoms with Crippen LogP contribution in [0, 0.1) is 11.8 Å². The smallest absolute Gasteiger partial charge is 0.375 e. The summed E-state index contributed by atoms with van der Waals surface area (Å²) in [6.07, 6.45) is 1.27. The molecule has 0 bridgehead atoms. The molecule has 0 saturated carbocycles. The molecule has 0 N–H and O–H groups in total. The zero-order valence-corrected chi connectivity index (χ0v) is 17.7. The standard InChI is InChI=1S/C25H30O5/c1-4-22(17-28-15-20-11-7-5-8-12-20)23(24(26)25(27)30-19(2)3)18-29-16-21-13-9-6-10-14-21/h4-14,19,22-23H,1,15-18H2,2-3H3/t22-,23+/m0/s1. The van der Waals surface area contributed by atoms with Gasteiger partial charge in [-0.3, -0.25) is 4.79 Å². The van der Waals surface area contributed by atoms with Gasteiger partial charge in [0.05, 0.1) is 38.4 Å². The highest BCUT2D eigenvalue weighted by molar-refractivity contribution is 6.34. The highest BCUT2D eigenvalue weighted by Gasteiger charge is 2.33. The summed E-state index contributed by atoms with van der Waals surface area (Å²) >= 11 is 0. The first-order valence-electron chi connectivity index (χ1n) is 10.1. The molecule has 0 spiro atoms. The molecule has 5 heteroatoms. The predicted molar refractivity (Wildman–Crippen MR) is 116 cm³/mol. The van der Waals surface area contributed by atoms with E-state index in [2.05, 4.69) is 6.58 Å². The number of rotatable bonds is 13. The van der Waals surface area contributed by atoms with Gasteiger partial charge in [-0.1, -0.05) is 66.7 Å². The highest BCUT2D eigenvalue weighted by atomic mass is 16.5. The van der Waals surface area contributed by atoms with E-state index in [0.717, 1.165) is 11.1 Å². The quantitative estimate of drug-likeness (QED) is 0.279. The van der Waals surface area contributed by atoms with Crippen LogP contribution in [0.25, 0.3) is 0 Å². The number of hydrogen-bond donors (Lipinski definition) is 0. The Labute approximate surface area is 178 Å². The van der Waals surface area contributed by atoms with Gasteiger partial charge in [-0.15, -0.1) is 6.58 Å². The molecule has 0 fully saturated rings. The van der Waals surface area contributed by atoms with Gasteiger partial charge in [0.25, 0.3) is 0 Å². The zero-order valence-electron chi connectivity index (χ0n) is 17.7. The van der Waals surface area contributed by atoms with E-state index in [-0.39, 0.29) is 25.2 Å². The maximum Gasteiger partial charge on any atom is 0.375 e. The minimum absolute atomic E-state index is 0.0757. The van der Waals surface area contributed by atoms with Crippen molar-refractivity contribution in [2.45, 2.75) is 33.2 Å². The number of ketones is 1. The van der Waals surface area contributed by atoms with Crippen molar-refractivity contribution in [3.05, 3.63) is 84.4 Å². The molecule has 0 heterocycles. The lowest BCUT2D eigenvalue weighted by Gasteiger charge is -2.23. The minimum Gasteiger partial charge on any atom is -0.457 e. The van der Waals surface area contributed by atoms with Crippen LogP contribution in [0.3, 0.4) is 0 Å². The largest absolute Gasteiger partial charge is 0.457 e. The molecule has 0 aliphatic heterocycles. The summed E-state index contributed by atoms with van der Waals surface area (Å²) in [7, 11) is 0. The molecule has 2 aromatic carbocycles. The van der Waals surface area contributed by atoms with E-state index < -0.39 is 17.7 Å². The Morgan fingerprint density at radius 2 is 1.37 bits per heavy atom. The summed E-state index contributed by atoms with van der Waals surface area (Å²) in [6.45, 7) is 8.33. The fourth-order valence-electron chi connectivity index (χ4n) is 2.93. The van der Waals surface area contributed by atoms with E-state index in [9.17, 15) is 9.59 Å². The molecule has 160 valence electrons. The van der Waals surface area contributed by atoms with Gasteiger partial charge in [-0.05, 0) is 25.0 Å². The van der Waals surface area contributed by atoms with Crippen molar-refractivity contribution in [3.8, 4) is 0 Å². The summed E-state index contributed by atoms with van der Waals surface area (Å²) in [6, 6.07) is 19.4. The highest BCUT2D eigenvalue weighted by Crippen LogP contribution is 2.19. The average molecular weight is 411 g/mol. The molecule has 0 aliphatic rings. The van der Waals surface area contributed by atoms with E-state index in [1.807, 2.05) is 60.7 Å². The first kappa shape index (κ1) is 23.5. The number of benzene rings is 2. The maximum absolute atomic E-state index is 12.8. The van der Waals surface area contributed by atoms with E-state index in [4.69, 9.17) is 14.2 Å². The lowest BCUT2D eigenvalue weighted by molar-refractivity contribution is -0.160. The summed E-state index contributed by atoms with van der Waals surface area (Å²) < 4.78 is 16.7. The molecule has 0 unspecified atom stereocenters. The summed E-state index contributed by atoms with van der Waals surface area (Å²) in [4.78, 5) is 25.0. The average Bonchev–Trinajstić information content (AvgIpc) is 2.75. The molecule has 30 heavy (non-hydrogen) atoms. The summed E-state index contributed by atoms with van der Waals surface area (Å²) in [5.74, 6) is -2.58. The van der Waals surface area contributed by atoms with Crippen molar-refractivity contribution in [2.24, 2.45) is 11.8 Å². The van der Waals surface area contributed by atoms with E-state index in [1.165, 1.54) is 0 Å². The minimum atomic E-state index is -0.853. The first-order valence-corrected chi connectivity index (χ1v) is 10.1. The van der Waals surface area contributed by atoms with Crippen LogP contribution < -0.4 is 0 Å². The summed E-state index contributed by atoms with van der Waals surface area (Å²) in [5.41, 5.74) is 2.02. The number of Topliss-reactive ketones (excluding diaryl/α,β-unsaturated/α-hetero) is 1. The van der Waals surface area contributed by atoms with Crippen LogP contribution >= 0.6 is 0 Å². The zero-order chi connectivity index (χ0) is 21.8. The topological polar surface area (TPSA) is 61.8 Å². The van der Waals surface area contributed by atoms with Crippen LogP contribution in [-0.2, 0) is 37.0 Å². The Bertz CT molecular complexity index is 786. The normalized spacial score (nSPS) is 12.9. The van der Waals surface area contributed by atoms with Gasteiger partial charge < -0.3 is 14.2 Å². The third-order valence-electron chi connectivity index (χ3n) is 4.53. The van der Waals surface area contributed by atoms with Gasteiger partial charge in [0.1, 0.15) is 0 Å². The van der Waals surface area contributed by atoms with Crippen LogP contribution in [0.1, 0.15) is 25.0 Å². The molecular formula is C25H30O5. The number of ether oxygens (including phenoxy) is 3. The molecule has 0 saturated heterocycles. The van der Waals surface area contributed by atoms with Crippen molar-refractivity contribution >= 4 is 11.8 Å². The van der Waals surface area contributed by atoms with Gasteiger partial charge in [-0.2, -0.15) is 0 Å². The van der Waals surface area contributed by atoms with Gasteiger partial charge in [0.15, 0.2) is 0 Å². The Kier molecular flexibility index (Phi) is 9.98. The number of carbonyl (C=O) groups excluding carboxylic acids is 2. The molecular weight excluding hydrogens is 380 g/mol. The predicted octanol–water partition coefficient (Wildman–Crippen LogP) is 4.36. The molecule has 0 amide bonds. The molecule has 2 rings (SSSR count). The number of hydrogen-bond acceptors (Lipinski definition) is 5. The van der Waals surface area contributed by atoms with Crippen molar-refractivity contribution < 1.29 is 23.8 Å². The lowest BCUT2D eigenvalue weighted by atomic mass is 9.89. The van der Waals surface area contributed by atoms with E-state index in [1.54, 1.807) is 19.9 Å². The van der Waals surface area contributed by atoms with Crippen molar-refractivity contribution in [1.82, 2.24) is 0 Å². The Hall–Kier alpha value is -2.76. The fourth-order valence-corrected chi connectivity index (χ4v) is 2.93. The molecule has 2 aromatic rings. The van der Waals surface area contributed by atoms with Crippen LogP contribution in [-0.4, -0.2) is 31.1 Å². The van der Waals surface area contributed by atoms with E-state index in [0.29, 0.717) is 13.2 Å². The van der Waals surface area contributed by atoms with E-state index >= 15 is 0 Å². The van der Waals surface area contributed by atoms with Gasteiger partial charge in [-0.25, -0.2) is 4.79 Å². The van der Waals surface area contributed by atoms with Crippen molar-refractivity contribution in [3.63, 3.8) is 0 Å². The lowest BCUT2D eigenvalue weighted by Crippen LogP contribution is -2.36. The van der Waals surface area contributed by atoms with Gasteiger partial charge in [0, 0.05) is 5.92 Å². The molecule has 0 aliphatic carbocycles. The summed E-state index contributed by atoms with van der Waals surface area (Å²) in [5, 5.41) is 0. The van der Waals surface area contributed by atoms with Crippen molar-refractivity contribution in [1.29, 1.82) is 0 Å². The fraction of sp³-hybridized carbons (Fsp3) is 0.360. The second-order valence-corrected chi connectivity index (χ2v) is 7.33.